The summed E-state index contributed by atoms with van der Waals surface area (Å²) in [6.07, 6.45) is 2.47. The minimum Gasteiger partial charge on any atom is -0.748 e. The monoisotopic (exact) mass is 284 g/mol. The van der Waals surface area contributed by atoms with Gasteiger partial charge >= 0.3 is 0 Å². The molecule has 0 bridgehead atoms. The molecule has 0 aliphatic rings. The lowest BCUT2D eigenvalue weighted by Gasteiger charge is -1.96. The van der Waals surface area contributed by atoms with Crippen LogP contribution in [-0.2, 0) is 17.2 Å². The van der Waals surface area contributed by atoms with Gasteiger partial charge in [-0.1, -0.05) is 0 Å². The summed E-state index contributed by atoms with van der Waals surface area (Å²) in [5.74, 6) is 0. The number of nitrogens with zero attached hydrogens (tertiary/aromatic N) is 2. The number of nitro benzene ring substituents is 1. The van der Waals surface area contributed by atoms with Crippen LogP contribution in [0.3, 0.4) is 0 Å². The van der Waals surface area contributed by atoms with Gasteiger partial charge in [0, 0.05) is 24.5 Å². The molecule has 0 unspecified atom stereocenters. The lowest BCUT2D eigenvalue weighted by molar-refractivity contribution is -0.645. The van der Waals surface area contributed by atoms with E-state index >= 15 is 0 Å². The third-order valence-corrected chi connectivity index (χ3v) is 2.21. The number of fused-ring (bicyclic) bond motifs is 1. The summed E-state index contributed by atoms with van der Waals surface area (Å²) in [4.78, 5) is 10.4. The molecule has 8 heteroatoms. The van der Waals surface area contributed by atoms with Crippen molar-refractivity contribution in [3.63, 3.8) is 0 Å². The van der Waals surface area contributed by atoms with Gasteiger partial charge in [-0.05, 0) is 12.1 Å². The number of hydrogen-bond donors (Lipinski definition) is 0. The third-order valence-electron chi connectivity index (χ3n) is 2.21. The second kappa shape index (κ2) is 5.72. The average Bonchev–Trinajstić information content (AvgIpc) is 2.26. The minimum atomic E-state index is -3.92. The molecule has 0 fully saturated rings. The van der Waals surface area contributed by atoms with Crippen LogP contribution in [-0.4, -0.2) is 24.1 Å². The molecule has 19 heavy (non-hydrogen) atoms. The molecule has 0 saturated heterocycles. The lowest BCUT2D eigenvalue weighted by atomic mass is 10.2. The molecular formula is C11H12N2O5S. The normalized spacial score (nSPS) is 10.7. The summed E-state index contributed by atoms with van der Waals surface area (Å²) in [6.45, 7) is 0. The van der Waals surface area contributed by atoms with Gasteiger partial charge in [0.2, 0.25) is 5.52 Å². The highest BCUT2D eigenvalue weighted by molar-refractivity contribution is 7.84. The molecule has 0 atom stereocenters. The molecule has 7 nitrogen and oxygen atoms in total. The van der Waals surface area contributed by atoms with Crippen LogP contribution in [0, 0.1) is 10.1 Å². The highest BCUT2D eigenvalue weighted by Crippen LogP contribution is 2.21. The van der Waals surface area contributed by atoms with Crippen LogP contribution in [0.15, 0.2) is 36.5 Å². The quantitative estimate of drug-likeness (QED) is 0.332. The van der Waals surface area contributed by atoms with Crippen molar-refractivity contribution in [2.24, 2.45) is 7.05 Å². The summed E-state index contributed by atoms with van der Waals surface area (Å²) < 4.78 is 29.1. The van der Waals surface area contributed by atoms with Crippen molar-refractivity contribution in [2.75, 3.05) is 6.26 Å². The molecule has 0 spiro atoms. The number of rotatable bonds is 1. The van der Waals surface area contributed by atoms with Crippen LogP contribution < -0.4 is 4.57 Å². The van der Waals surface area contributed by atoms with Crippen LogP contribution in [0.2, 0.25) is 0 Å². The van der Waals surface area contributed by atoms with Gasteiger partial charge in [0.1, 0.15) is 12.4 Å². The van der Waals surface area contributed by atoms with E-state index in [0.29, 0.717) is 11.6 Å². The van der Waals surface area contributed by atoms with Crippen molar-refractivity contribution < 1.29 is 22.5 Å². The zero-order chi connectivity index (χ0) is 14.6. The molecule has 0 amide bonds. The Morgan fingerprint density at radius 3 is 2.32 bits per heavy atom. The maximum Gasteiger partial charge on any atom is 0.283 e. The summed E-state index contributed by atoms with van der Waals surface area (Å²) in [6, 6.07) is 8.63. The van der Waals surface area contributed by atoms with E-state index in [4.69, 9.17) is 13.0 Å². The fourth-order valence-corrected chi connectivity index (χ4v) is 1.53. The summed E-state index contributed by atoms with van der Waals surface area (Å²) >= 11 is 0. The first-order chi connectivity index (χ1) is 8.70. The largest absolute Gasteiger partial charge is 0.748 e. The fraction of sp³-hybridized carbons (Fsp3) is 0.182. The first-order valence-corrected chi connectivity index (χ1v) is 6.94. The Kier molecular flexibility index (Phi) is 4.52. The van der Waals surface area contributed by atoms with Crippen molar-refractivity contribution in [1.82, 2.24) is 0 Å². The SMILES string of the molecule is CS(=O)(=O)[O-].C[n+]1cccc2c([N+](=O)[O-])cccc21. The minimum absolute atomic E-state index is 0.152. The van der Waals surface area contributed by atoms with Crippen molar-refractivity contribution in [3.05, 3.63) is 46.6 Å². The topological polar surface area (TPSA) is 104 Å². The molecule has 1 aromatic carbocycles. The standard InChI is InChI=1S/C10H9N2O2.CH4O3S/c1-11-7-3-4-8-9(11)5-2-6-10(8)12(13)14;1-5(2,3)4/h2-7H,1H3;1H3,(H,2,3,4)/q+1;/p-1. The van der Waals surface area contributed by atoms with Gasteiger partial charge in [-0.2, -0.15) is 0 Å². The van der Waals surface area contributed by atoms with E-state index in [0.717, 1.165) is 5.52 Å². The molecule has 0 N–H and O–H groups in total. The van der Waals surface area contributed by atoms with E-state index in [2.05, 4.69) is 0 Å². The molecule has 0 saturated carbocycles. The number of nitro groups is 1. The van der Waals surface area contributed by atoms with Gasteiger partial charge in [-0.25, -0.2) is 13.0 Å². The average molecular weight is 284 g/mol. The molecule has 2 rings (SSSR count). The third kappa shape index (κ3) is 4.60. The Hall–Kier alpha value is -2.06. The summed E-state index contributed by atoms with van der Waals surface area (Å²) in [5.41, 5.74) is 1.01. The second-order valence-electron chi connectivity index (χ2n) is 3.79. The zero-order valence-electron chi connectivity index (χ0n) is 10.3. The molecule has 1 aromatic heterocycles. The molecule has 1 heterocycles. The Morgan fingerprint density at radius 1 is 1.21 bits per heavy atom. The van der Waals surface area contributed by atoms with Crippen LogP contribution >= 0.6 is 0 Å². The smallest absolute Gasteiger partial charge is 0.283 e. The van der Waals surface area contributed by atoms with Gasteiger partial charge < -0.3 is 4.55 Å². The predicted octanol–water partition coefficient (Wildman–Crippen LogP) is 0.734. The first kappa shape index (κ1) is 15.0. The first-order valence-electron chi connectivity index (χ1n) is 5.13. The van der Waals surface area contributed by atoms with Crippen LogP contribution in [0.4, 0.5) is 5.69 Å². The Morgan fingerprint density at radius 2 is 1.79 bits per heavy atom. The zero-order valence-corrected chi connectivity index (χ0v) is 11.1. The maximum atomic E-state index is 10.7. The Bertz CT molecular complexity index is 704. The number of benzene rings is 1. The summed E-state index contributed by atoms with van der Waals surface area (Å²) in [5, 5.41) is 11.4. The van der Waals surface area contributed by atoms with Crippen LogP contribution in [0.1, 0.15) is 0 Å². The van der Waals surface area contributed by atoms with Crippen molar-refractivity contribution >= 4 is 26.7 Å². The van der Waals surface area contributed by atoms with Crippen molar-refractivity contribution in [2.45, 2.75) is 0 Å². The van der Waals surface area contributed by atoms with E-state index in [1.165, 1.54) is 6.07 Å². The Balaban J connectivity index is 0.000000312. The number of pyridine rings is 1. The van der Waals surface area contributed by atoms with E-state index in [1.54, 1.807) is 18.2 Å². The number of hydrogen-bond acceptors (Lipinski definition) is 5. The van der Waals surface area contributed by atoms with Crippen LogP contribution in [0.5, 0.6) is 0 Å². The maximum absolute atomic E-state index is 10.7. The van der Waals surface area contributed by atoms with E-state index in [-0.39, 0.29) is 10.6 Å². The molecular weight excluding hydrogens is 272 g/mol. The highest BCUT2D eigenvalue weighted by Gasteiger charge is 2.15. The Labute approximate surface area is 110 Å². The van der Waals surface area contributed by atoms with Gasteiger partial charge in [0.15, 0.2) is 6.20 Å². The molecule has 102 valence electrons. The molecule has 2 aromatic rings. The van der Waals surface area contributed by atoms with E-state index < -0.39 is 10.1 Å². The number of non-ortho nitro benzene ring substituents is 1. The van der Waals surface area contributed by atoms with Gasteiger partial charge in [-0.15, -0.1) is 0 Å². The van der Waals surface area contributed by atoms with E-state index in [1.807, 2.05) is 23.9 Å². The molecule has 0 aliphatic carbocycles. The van der Waals surface area contributed by atoms with Crippen molar-refractivity contribution in [3.8, 4) is 0 Å². The van der Waals surface area contributed by atoms with Crippen LogP contribution in [0.25, 0.3) is 10.9 Å². The second-order valence-corrected chi connectivity index (χ2v) is 5.20. The lowest BCUT2D eigenvalue weighted by Crippen LogP contribution is -2.27. The fourth-order valence-electron chi connectivity index (χ4n) is 1.53. The number of aromatic nitrogens is 1. The molecule has 0 aliphatic heterocycles. The van der Waals surface area contributed by atoms with Gasteiger partial charge in [0.25, 0.3) is 5.69 Å². The summed E-state index contributed by atoms with van der Waals surface area (Å²) in [7, 11) is -2.05. The van der Waals surface area contributed by atoms with Crippen molar-refractivity contribution in [1.29, 1.82) is 0 Å². The highest BCUT2D eigenvalue weighted by atomic mass is 32.2. The van der Waals surface area contributed by atoms with Gasteiger partial charge in [-0.3, -0.25) is 10.1 Å². The van der Waals surface area contributed by atoms with Gasteiger partial charge in [0.05, 0.1) is 15.0 Å². The molecule has 0 radical (unpaired) electrons. The predicted molar refractivity (Wildman–Crippen MR) is 67.4 cm³/mol. The van der Waals surface area contributed by atoms with E-state index in [9.17, 15) is 10.1 Å². The number of aryl methyl sites for hydroxylation is 1.